The van der Waals surface area contributed by atoms with E-state index < -0.39 is 11.5 Å². The molecule has 32 heavy (non-hydrogen) atoms. The van der Waals surface area contributed by atoms with Crippen LogP contribution in [0.4, 0.5) is 0 Å². The van der Waals surface area contributed by atoms with E-state index in [1.54, 1.807) is 18.3 Å². The molecule has 1 amide bonds. The van der Waals surface area contributed by atoms with Gasteiger partial charge in [0.05, 0.1) is 0 Å². The zero-order valence-corrected chi connectivity index (χ0v) is 18.1. The monoisotopic (exact) mass is 428 g/mol. The number of ether oxygens (including phenoxy) is 1. The van der Waals surface area contributed by atoms with E-state index in [1.165, 1.54) is 10.5 Å². The summed E-state index contributed by atoms with van der Waals surface area (Å²) in [6.07, 6.45) is 6.79. The zero-order chi connectivity index (χ0) is 22.7. The van der Waals surface area contributed by atoms with Gasteiger partial charge in [-0.25, -0.2) is 0 Å². The van der Waals surface area contributed by atoms with Crippen molar-refractivity contribution in [2.45, 2.75) is 45.6 Å². The number of nitrogens with zero attached hydrogens (tertiary/aromatic N) is 3. The van der Waals surface area contributed by atoms with Gasteiger partial charge in [0.2, 0.25) is 5.88 Å². The van der Waals surface area contributed by atoms with Gasteiger partial charge in [0, 0.05) is 12.2 Å². The van der Waals surface area contributed by atoms with Crippen LogP contribution in [0.15, 0.2) is 53.0 Å². The number of nitrogens with one attached hydrogen (secondary N) is 1. The second kappa shape index (κ2) is 9.06. The van der Waals surface area contributed by atoms with E-state index >= 15 is 0 Å². The molecule has 0 spiro atoms. The van der Waals surface area contributed by atoms with Crippen LogP contribution < -0.4 is 15.6 Å². The van der Waals surface area contributed by atoms with Crippen LogP contribution in [0.2, 0.25) is 0 Å². The highest BCUT2D eigenvalue weighted by molar-refractivity contribution is 6.02. The Bertz CT molecular complexity index is 1310. The van der Waals surface area contributed by atoms with E-state index in [4.69, 9.17) is 4.74 Å². The SMILES string of the molecule is Cc1ccccc1Oc1nc2c(C)cccn2c(=O)c1C=C(C#N)C(=O)NC1CCCC1. The van der Waals surface area contributed by atoms with Crippen LogP contribution in [0.3, 0.4) is 0 Å². The van der Waals surface area contributed by atoms with Crippen LogP contribution in [0.5, 0.6) is 11.6 Å². The molecule has 162 valence electrons. The molecular formula is C25H24N4O3. The summed E-state index contributed by atoms with van der Waals surface area (Å²) in [5.74, 6) is 0.107. The molecule has 1 aromatic carbocycles. The van der Waals surface area contributed by atoms with Gasteiger partial charge in [0.15, 0.2) is 0 Å². The summed E-state index contributed by atoms with van der Waals surface area (Å²) in [5, 5.41) is 12.5. The lowest BCUT2D eigenvalue weighted by atomic mass is 10.1. The van der Waals surface area contributed by atoms with Crippen LogP contribution in [0.1, 0.15) is 42.4 Å². The molecule has 2 heterocycles. The van der Waals surface area contributed by atoms with Crippen molar-refractivity contribution in [2.75, 3.05) is 0 Å². The molecule has 7 nitrogen and oxygen atoms in total. The quantitative estimate of drug-likeness (QED) is 0.488. The molecule has 3 aromatic rings. The van der Waals surface area contributed by atoms with Crippen molar-refractivity contribution in [3.8, 4) is 17.7 Å². The summed E-state index contributed by atoms with van der Waals surface area (Å²) >= 11 is 0. The first-order valence-corrected chi connectivity index (χ1v) is 10.7. The van der Waals surface area contributed by atoms with Crippen LogP contribution in [-0.2, 0) is 4.79 Å². The number of fused-ring (bicyclic) bond motifs is 1. The summed E-state index contributed by atoms with van der Waals surface area (Å²) in [4.78, 5) is 30.6. The molecule has 1 fully saturated rings. The molecule has 2 aromatic heterocycles. The molecule has 0 atom stereocenters. The number of carbonyl (C=O) groups is 1. The molecule has 1 saturated carbocycles. The lowest BCUT2D eigenvalue weighted by Gasteiger charge is -2.13. The van der Waals surface area contributed by atoms with Crippen molar-refractivity contribution in [3.05, 3.63) is 75.2 Å². The summed E-state index contributed by atoms with van der Waals surface area (Å²) in [6, 6.07) is 13.0. The molecule has 0 unspecified atom stereocenters. The summed E-state index contributed by atoms with van der Waals surface area (Å²) < 4.78 is 7.43. The summed E-state index contributed by atoms with van der Waals surface area (Å²) in [7, 11) is 0. The number of aromatic nitrogens is 2. The number of amides is 1. The van der Waals surface area contributed by atoms with Gasteiger partial charge in [0.1, 0.15) is 28.6 Å². The predicted octanol–water partition coefficient (Wildman–Crippen LogP) is 4.07. The first-order valence-electron chi connectivity index (χ1n) is 10.7. The van der Waals surface area contributed by atoms with Gasteiger partial charge in [0.25, 0.3) is 11.5 Å². The minimum atomic E-state index is -0.491. The summed E-state index contributed by atoms with van der Waals surface area (Å²) in [6.45, 7) is 3.74. The third kappa shape index (κ3) is 4.26. The Kier molecular flexibility index (Phi) is 6.04. The van der Waals surface area contributed by atoms with Gasteiger partial charge in [-0.2, -0.15) is 10.2 Å². The van der Waals surface area contributed by atoms with Crippen LogP contribution in [-0.4, -0.2) is 21.3 Å². The largest absolute Gasteiger partial charge is 0.438 e. The highest BCUT2D eigenvalue weighted by atomic mass is 16.5. The topological polar surface area (TPSA) is 96.5 Å². The maximum Gasteiger partial charge on any atom is 0.269 e. The second-order valence-corrected chi connectivity index (χ2v) is 8.01. The second-order valence-electron chi connectivity index (χ2n) is 8.01. The smallest absolute Gasteiger partial charge is 0.269 e. The number of benzene rings is 1. The van der Waals surface area contributed by atoms with Crippen molar-refractivity contribution >= 4 is 17.6 Å². The molecule has 4 rings (SSSR count). The van der Waals surface area contributed by atoms with Crippen molar-refractivity contribution in [2.24, 2.45) is 0 Å². The molecular weight excluding hydrogens is 404 g/mol. The number of carbonyl (C=O) groups excluding carboxylic acids is 1. The van der Waals surface area contributed by atoms with Crippen LogP contribution >= 0.6 is 0 Å². The maximum atomic E-state index is 13.4. The van der Waals surface area contributed by atoms with E-state index in [0.717, 1.165) is 36.8 Å². The lowest BCUT2D eigenvalue weighted by Crippen LogP contribution is -2.33. The number of para-hydroxylation sites is 1. The maximum absolute atomic E-state index is 13.4. The van der Waals surface area contributed by atoms with Gasteiger partial charge in [-0.1, -0.05) is 37.1 Å². The average Bonchev–Trinajstić information content (AvgIpc) is 3.29. The molecule has 1 aliphatic rings. The highest BCUT2D eigenvalue weighted by Gasteiger charge is 2.22. The minimum absolute atomic E-state index is 0.0504. The highest BCUT2D eigenvalue weighted by Crippen LogP contribution is 2.27. The normalized spacial score (nSPS) is 14.3. The number of aryl methyl sites for hydroxylation is 2. The molecule has 0 radical (unpaired) electrons. The Balaban J connectivity index is 1.84. The Hall–Kier alpha value is -3.92. The lowest BCUT2D eigenvalue weighted by molar-refractivity contribution is -0.117. The Morgan fingerprint density at radius 3 is 2.62 bits per heavy atom. The fourth-order valence-electron chi connectivity index (χ4n) is 3.89. The Labute approximate surface area is 186 Å². The van der Waals surface area contributed by atoms with Crippen molar-refractivity contribution < 1.29 is 9.53 Å². The van der Waals surface area contributed by atoms with Gasteiger partial charge >= 0.3 is 0 Å². The van der Waals surface area contributed by atoms with Crippen molar-refractivity contribution in [3.63, 3.8) is 0 Å². The fraction of sp³-hybridized carbons (Fsp3) is 0.280. The number of hydrogen-bond acceptors (Lipinski definition) is 5. The molecule has 7 heteroatoms. The van der Waals surface area contributed by atoms with Gasteiger partial charge in [-0.3, -0.25) is 14.0 Å². The molecule has 1 aliphatic carbocycles. The minimum Gasteiger partial charge on any atom is -0.438 e. The van der Waals surface area contributed by atoms with E-state index in [9.17, 15) is 14.9 Å². The van der Waals surface area contributed by atoms with Gasteiger partial charge in [-0.05, 0) is 56.0 Å². The summed E-state index contributed by atoms with van der Waals surface area (Å²) in [5.41, 5.74) is 1.60. The third-order valence-electron chi connectivity index (χ3n) is 5.69. The third-order valence-corrected chi connectivity index (χ3v) is 5.69. The van der Waals surface area contributed by atoms with Crippen molar-refractivity contribution in [1.29, 1.82) is 5.26 Å². The van der Waals surface area contributed by atoms with E-state index in [2.05, 4.69) is 10.3 Å². The predicted molar refractivity (Wildman–Crippen MR) is 121 cm³/mol. The zero-order valence-electron chi connectivity index (χ0n) is 18.1. The molecule has 1 N–H and O–H groups in total. The van der Waals surface area contributed by atoms with Crippen molar-refractivity contribution in [1.82, 2.24) is 14.7 Å². The Morgan fingerprint density at radius 1 is 1.19 bits per heavy atom. The van der Waals surface area contributed by atoms with E-state index in [-0.39, 0.29) is 23.1 Å². The number of nitriles is 1. The fourth-order valence-corrected chi connectivity index (χ4v) is 3.89. The molecule has 0 aliphatic heterocycles. The number of rotatable bonds is 5. The average molecular weight is 428 g/mol. The molecule has 0 bridgehead atoms. The number of pyridine rings is 1. The van der Waals surface area contributed by atoms with E-state index in [0.29, 0.717) is 11.4 Å². The standard InChI is InChI=1S/C25H24N4O3/c1-16-8-3-6-12-21(16)32-24-20(25(31)29-13-7-9-17(2)22(29)28-24)14-18(15-26)23(30)27-19-10-4-5-11-19/h3,6-9,12-14,19H,4-5,10-11H2,1-2H3,(H,27,30). The van der Waals surface area contributed by atoms with Gasteiger partial charge in [-0.15, -0.1) is 0 Å². The number of hydrogen-bond donors (Lipinski definition) is 1. The molecule has 0 saturated heterocycles. The van der Waals surface area contributed by atoms with E-state index in [1.807, 2.05) is 44.2 Å². The van der Waals surface area contributed by atoms with Crippen LogP contribution in [0.25, 0.3) is 11.7 Å². The first kappa shape index (κ1) is 21.3. The Morgan fingerprint density at radius 2 is 1.91 bits per heavy atom. The van der Waals surface area contributed by atoms with Gasteiger partial charge < -0.3 is 10.1 Å². The van der Waals surface area contributed by atoms with Crippen LogP contribution in [0, 0.1) is 25.2 Å². The first-order chi connectivity index (χ1) is 15.5.